The first-order valence-corrected chi connectivity index (χ1v) is 8.47. The van der Waals surface area contributed by atoms with E-state index in [1.165, 1.54) is 0 Å². The zero-order chi connectivity index (χ0) is 17.3. The SMILES string of the molecule is CCCCNc1nc(Nc2ccccc2)nc(Nc2ccccc2)n1. The van der Waals surface area contributed by atoms with Gasteiger partial charge < -0.3 is 16.0 Å². The molecule has 6 nitrogen and oxygen atoms in total. The fourth-order valence-corrected chi connectivity index (χ4v) is 2.24. The number of unbranched alkanes of at least 4 members (excludes halogenated alkanes) is 1. The van der Waals surface area contributed by atoms with Crippen molar-refractivity contribution in [1.82, 2.24) is 15.0 Å². The highest BCUT2D eigenvalue weighted by molar-refractivity contribution is 5.58. The first kappa shape index (κ1) is 16.7. The summed E-state index contributed by atoms with van der Waals surface area (Å²) in [6, 6.07) is 19.7. The van der Waals surface area contributed by atoms with Gasteiger partial charge in [0, 0.05) is 17.9 Å². The van der Waals surface area contributed by atoms with Crippen molar-refractivity contribution in [3.05, 3.63) is 60.7 Å². The molecule has 3 N–H and O–H groups in total. The lowest BCUT2D eigenvalue weighted by Crippen LogP contribution is -2.10. The lowest BCUT2D eigenvalue weighted by atomic mass is 10.3. The van der Waals surface area contributed by atoms with E-state index in [9.17, 15) is 0 Å². The molecule has 0 spiro atoms. The maximum atomic E-state index is 4.47. The fourth-order valence-electron chi connectivity index (χ4n) is 2.24. The van der Waals surface area contributed by atoms with E-state index in [4.69, 9.17) is 0 Å². The lowest BCUT2D eigenvalue weighted by Gasteiger charge is -2.11. The number of anilines is 5. The average Bonchev–Trinajstić information content (AvgIpc) is 2.63. The second-order valence-corrected chi connectivity index (χ2v) is 5.57. The normalized spacial score (nSPS) is 10.3. The Morgan fingerprint density at radius 3 is 1.64 bits per heavy atom. The van der Waals surface area contributed by atoms with Gasteiger partial charge in [-0.1, -0.05) is 49.7 Å². The van der Waals surface area contributed by atoms with Gasteiger partial charge in [0.15, 0.2) is 0 Å². The fraction of sp³-hybridized carbons (Fsp3) is 0.211. The molecule has 0 aliphatic carbocycles. The molecule has 0 aliphatic rings. The molecule has 128 valence electrons. The number of aromatic nitrogens is 3. The van der Waals surface area contributed by atoms with Crippen LogP contribution in [0.1, 0.15) is 19.8 Å². The van der Waals surface area contributed by atoms with Crippen molar-refractivity contribution in [3.63, 3.8) is 0 Å². The highest BCUT2D eigenvalue weighted by Crippen LogP contribution is 2.18. The molecule has 0 atom stereocenters. The Hall–Kier alpha value is -3.15. The van der Waals surface area contributed by atoms with Crippen LogP contribution in [0.2, 0.25) is 0 Å². The van der Waals surface area contributed by atoms with Gasteiger partial charge in [0.2, 0.25) is 17.8 Å². The van der Waals surface area contributed by atoms with E-state index in [1.807, 2.05) is 60.7 Å². The third-order valence-corrected chi connectivity index (χ3v) is 3.51. The predicted molar refractivity (Wildman–Crippen MR) is 103 cm³/mol. The summed E-state index contributed by atoms with van der Waals surface area (Å²) in [7, 11) is 0. The minimum absolute atomic E-state index is 0.499. The van der Waals surface area contributed by atoms with Crippen molar-refractivity contribution in [3.8, 4) is 0 Å². The van der Waals surface area contributed by atoms with Crippen LogP contribution in [-0.2, 0) is 0 Å². The van der Waals surface area contributed by atoms with Crippen LogP contribution in [0.15, 0.2) is 60.7 Å². The Balaban J connectivity index is 1.82. The molecule has 0 saturated heterocycles. The third-order valence-electron chi connectivity index (χ3n) is 3.51. The second-order valence-electron chi connectivity index (χ2n) is 5.57. The van der Waals surface area contributed by atoms with Gasteiger partial charge in [0.1, 0.15) is 0 Å². The molecule has 1 heterocycles. The monoisotopic (exact) mass is 334 g/mol. The molecule has 6 heteroatoms. The smallest absolute Gasteiger partial charge is 0.233 e. The summed E-state index contributed by atoms with van der Waals surface area (Å²) in [4.78, 5) is 13.4. The van der Waals surface area contributed by atoms with Gasteiger partial charge in [-0.15, -0.1) is 0 Å². The van der Waals surface area contributed by atoms with E-state index in [-0.39, 0.29) is 0 Å². The Morgan fingerprint density at radius 2 is 1.16 bits per heavy atom. The van der Waals surface area contributed by atoms with E-state index >= 15 is 0 Å². The Bertz CT molecular complexity index is 717. The molecule has 0 saturated carbocycles. The summed E-state index contributed by atoms with van der Waals surface area (Å²) in [5.74, 6) is 1.55. The van der Waals surface area contributed by atoms with E-state index in [0.29, 0.717) is 17.8 Å². The van der Waals surface area contributed by atoms with Crippen LogP contribution in [0.3, 0.4) is 0 Å². The highest BCUT2D eigenvalue weighted by Gasteiger charge is 2.07. The summed E-state index contributed by atoms with van der Waals surface area (Å²) in [5, 5.41) is 9.69. The molecule has 3 rings (SSSR count). The highest BCUT2D eigenvalue weighted by atomic mass is 15.3. The van der Waals surface area contributed by atoms with Gasteiger partial charge in [-0.2, -0.15) is 15.0 Å². The molecule has 0 bridgehead atoms. The maximum Gasteiger partial charge on any atom is 0.233 e. The molecule has 0 aliphatic heterocycles. The molecular weight excluding hydrogens is 312 g/mol. The third kappa shape index (κ3) is 5.17. The topological polar surface area (TPSA) is 74.8 Å². The first-order valence-electron chi connectivity index (χ1n) is 8.47. The van der Waals surface area contributed by atoms with Crippen LogP contribution in [-0.4, -0.2) is 21.5 Å². The van der Waals surface area contributed by atoms with Crippen LogP contribution in [0, 0.1) is 0 Å². The van der Waals surface area contributed by atoms with Gasteiger partial charge in [-0.05, 0) is 30.7 Å². The number of hydrogen-bond acceptors (Lipinski definition) is 6. The maximum absolute atomic E-state index is 4.47. The van der Waals surface area contributed by atoms with Gasteiger partial charge in [0.05, 0.1) is 0 Å². The van der Waals surface area contributed by atoms with Crippen LogP contribution in [0.25, 0.3) is 0 Å². The van der Waals surface area contributed by atoms with Gasteiger partial charge in [0.25, 0.3) is 0 Å². The molecule has 0 amide bonds. The largest absolute Gasteiger partial charge is 0.354 e. The van der Waals surface area contributed by atoms with E-state index in [1.54, 1.807) is 0 Å². The average molecular weight is 334 g/mol. The first-order chi connectivity index (χ1) is 12.3. The summed E-state index contributed by atoms with van der Waals surface area (Å²) in [6.07, 6.45) is 2.18. The Labute approximate surface area is 147 Å². The molecule has 2 aromatic carbocycles. The van der Waals surface area contributed by atoms with Crippen LogP contribution in [0.4, 0.5) is 29.2 Å². The Kier molecular flexibility index (Phi) is 5.77. The van der Waals surface area contributed by atoms with E-state index < -0.39 is 0 Å². The van der Waals surface area contributed by atoms with Gasteiger partial charge in [-0.25, -0.2) is 0 Å². The molecular formula is C19H22N6. The van der Waals surface area contributed by atoms with Crippen molar-refractivity contribution < 1.29 is 0 Å². The molecule has 3 aromatic rings. The summed E-state index contributed by atoms with van der Waals surface area (Å²) >= 11 is 0. The number of para-hydroxylation sites is 2. The standard InChI is InChI=1S/C19H22N6/c1-2-3-14-20-17-23-18(21-15-10-6-4-7-11-15)25-19(24-17)22-16-12-8-5-9-13-16/h4-13H,2-3,14H2,1H3,(H3,20,21,22,23,24,25). The molecule has 0 fully saturated rings. The number of nitrogens with zero attached hydrogens (tertiary/aromatic N) is 3. The quantitative estimate of drug-likeness (QED) is 0.524. The summed E-state index contributed by atoms with van der Waals surface area (Å²) in [5.41, 5.74) is 1.86. The molecule has 1 aromatic heterocycles. The molecule has 25 heavy (non-hydrogen) atoms. The van der Waals surface area contributed by atoms with Gasteiger partial charge in [-0.3, -0.25) is 0 Å². The minimum atomic E-state index is 0.499. The lowest BCUT2D eigenvalue weighted by molar-refractivity contribution is 0.825. The second kappa shape index (κ2) is 8.63. The van der Waals surface area contributed by atoms with Crippen molar-refractivity contribution in [2.75, 3.05) is 22.5 Å². The van der Waals surface area contributed by atoms with Crippen molar-refractivity contribution in [2.45, 2.75) is 19.8 Å². The zero-order valence-electron chi connectivity index (χ0n) is 14.2. The van der Waals surface area contributed by atoms with Crippen molar-refractivity contribution in [1.29, 1.82) is 0 Å². The van der Waals surface area contributed by atoms with Crippen LogP contribution >= 0.6 is 0 Å². The number of nitrogens with one attached hydrogen (secondary N) is 3. The van der Waals surface area contributed by atoms with E-state index in [2.05, 4.69) is 37.8 Å². The predicted octanol–water partition coefficient (Wildman–Crippen LogP) is 4.57. The minimum Gasteiger partial charge on any atom is -0.354 e. The van der Waals surface area contributed by atoms with Crippen LogP contribution < -0.4 is 16.0 Å². The summed E-state index contributed by atoms with van der Waals surface area (Å²) < 4.78 is 0. The van der Waals surface area contributed by atoms with Crippen molar-refractivity contribution >= 4 is 29.2 Å². The van der Waals surface area contributed by atoms with E-state index in [0.717, 1.165) is 30.8 Å². The van der Waals surface area contributed by atoms with Crippen LogP contribution in [0.5, 0.6) is 0 Å². The van der Waals surface area contributed by atoms with Gasteiger partial charge >= 0.3 is 0 Å². The number of benzene rings is 2. The Morgan fingerprint density at radius 1 is 0.680 bits per heavy atom. The number of rotatable bonds is 8. The molecule has 0 unspecified atom stereocenters. The van der Waals surface area contributed by atoms with Crippen molar-refractivity contribution in [2.24, 2.45) is 0 Å². The molecule has 0 radical (unpaired) electrons. The zero-order valence-corrected chi connectivity index (χ0v) is 14.2. The summed E-state index contributed by atoms with van der Waals surface area (Å²) in [6.45, 7) is 2.98. The number of hydrogen-bond donors (Lipinski definition) is 3.